The zero-order valence-electron chi connectivity index (χ0n) is 7.61. The van der Waals surface area contributed by atoms with Gasteiger partial charge in [0.2, 0.25) is 0 Å². The van der Waals surface area contributed by atoms with Gasteiger partial charge in [-0.15, -0.1) is 0 Å². The number of nitrogens with one attached hydrogen (secondary N) is 1. The molecule has 0 amide bonds. The normalized spacial score (nSPS) is 28.7. The average molecular weight is 177 g/mol. The van der Waals surface area contributed by atoms with Gasteiger partial charge in [0.25, 0.3) is 0 Å². The van der Waals surface area contributed by atoms with Gasteiger partial charge >= 0.3 is 0 Å². The molecule has 13 heavy (non-hydrogen) atoms. The first kappa shape index (κ1) is 8.73. The van der Waals surface area contributed by atoms with Crippen molar-refractivity contribution in [2.75, 3.05) is 6.54 Å². The second-order valence-corrected chi connectivity index (χ2v) is 3.55. The predicted molar refractivity (Wildman–Crippen MR) is 52.4 cm³/mol. The van der Waals surface area contributed by atoms with E-state index in [9.17, 15) is 5.11 Å². The minimum atomic E-state index is -0.226. The number of aliphatic hydroxyl groups excluding tert-OH is 1. The van der Waals surface area contributed by atoms with Gasteiger partial charge in [-0.1, -0.05) is 30.3 Å². The van der Waals surface area contributed by atoms with E-state index in [1.807, 2.05) is 18.2 Å². The summed E-state index contributed by atoms with van der Waals surface area (Å²) in [5.41, 5.74) is 1.19. The standard InChI is InChI=1S/C11H15NO/c13-10-7-4-8-12-11(10)9-5-2-1-3-6-9/h1-3,5-6,10-13H,4,7-8H2. The molecule has 1 saturated heterocycles. The van der Waals surface area contributed by atoms with Crippen molar-refractivity contribution < 1.29 is 5.11 Å². The number of piperidine rings is 1. The van der Waals surface area contributed by atoms with Crippen molar-refractivity contribution >= 4 is 0 Å². The number of hydrogen-bond acceptors (Lipinski definition) is 2. The molecule has 1 aromatic rings. The second-order valence-electron chi connectivity index (χ2n) is 3.55. The first-order valence-corrected chi connectivity index (χ1v) is 4.84. The third kappa shape index (κ3) is 1.90. The first-order chi connectivity index (χ1) is 6.38. The van der Waals surface area contributed by atoms with Crippen molar-refractivity contribution in [2.45, 2.75) is 25.0 Å². The molecule has 0 radical (unpaired) electrons. The molecule has 2 atom stereocenters. The molecule has 70 valence electrons. The smallest absolute Gasteiger partial charge is 0.0735 e. The monoisotopic (exact) mass is 177 g/mol. The molecule has 0 spiro atoms. The van der Waals surface area contributed by atoms with Crippen LogP contribution in [-0.4, -0.2) is 17.8 Å². The van der Waals surface area contributed by atoms with E-state index in [-0.39, 0.29) is 12.1 Å². The van der Waals surface area contributed by atoms with Crippen molar-refractivity contribution in [1.82, 2.24) is 5.32 Å². The summed E-state index contributed by atoms with van der Waals surface area (Å²) in [4.78, 5) is 0. The van der Waals surface area contributed by atoms with Crippen LogP contribution in [0.3, 0.4) is 0 Å². The first-order valence-electron chi connectivity index (χ1n) is 4.84. The molecule has 1 aliphatic heterocycles. The fourth-order valence-electron chi connectivity index (χ4n) is 1.87. The van der Waals surface area contributed by atoms with Crippen LogP contribution in [0.2, 0.25) is 0 Å². The maximum absolute atomic E-state index is 9.76. The Morgan fingerprint density at radius 3 is 2.69 bits per heavy atom. The minimum absolute atomic E-state index is 0.134. The Hall–Kier alpha value is -0.860. The molecule has 0 aliphatic carbocycles. The summed E-state index contributed by atoms with van der Waals surface area (Å²) in [6, 6.07) is 10.3. The third-order valence-corrected chi connectivity index (χ3v) is 2.58. The largest absolute Gasteiger partial charge is 0.391 e. The van der Waals surface area contributed by atoms with E-state index in [1.165, 1.54) is 5.56 Å². The van der Waals surface area contributed by atoms with Gasteiger partial charge in [0.05, 0.1) is 12.1 Å². The van der Waals surface area contributed by atoms with Crippen LogP contribution in [0.5, 0.6) is 0 Å². The fraction of sp³-hybridized carbons (Fsp3) is 0.455. The van der Waals surface area contributed by atoms with E-state index in [0.717, 1.165) is 19.4 Å². The summed E-state index contributed by atoms with van der Waals surface area (Å²) < 4.78 is 0. The van der Waals surface area contributed by atoms with Gasteiger partial charge in [-0.2, -0.15) is 0 Å². The summed E-state index contributed by atoms with van der Waals surface area (Å²) in [6.45, 7) is 1.01. The highest BCUT2D eigenvalue weighted by atomic mass is 16.3. The Bertz CT molecular complexity index is 260. The minimum Gasteiger partial charge on any atom is -0.391 e. The molecule has 0 saturated carbocycles. The number of aliphatic hydroxyl groups is 1. The van der Waals surface area contributed by atoms with Crippen molar-refractivity contribution in [2.24, 2.45) is 0 Å². The molecule has 2 heteroatoms. The Labute approximate surface area is 78.6 Å². The lowest BCUT2D eigenvalue weighted by molar-refractivity contribution is 0.0965. The molecule has 2 nitrogen and oxygen atoms in total. The zero-order chi connectivity index (χ0) is 9.10. The van der Waals surface area contributed by atoms with Crippen LogP contribution in [-0.2, 0) is 0 Å². The van der Waals surface area contributed by atoms with Crippen LogP contribution < -0.4 is 5.32 Å². The van der Waals surface area contributed by atoms with Crippen LogP contribution in [0.25, 0.3) is 0 Å². The molecule has 0 aromatic heterocycles. The summed E-state index contributed by atoms with van der Waals surface area (Å²) in [5, 5.41) is 13.1. The number of benzene rings is 1. The van der Waals surface area contributed by atoms with Crippen LogP contribution in [0, 0.1) is 0 Å². The Balaban J connectivity index is 2.15. The lowest BCUT2D eigenvalue weighted by Crippen LogP contribution is -2.37. The van der Waals surface area contributed by atoms with E-state index in [4.69, 9.17) is 0 Å². The van der Waals surface area contributed by atoms with Crippen LogP contribution in [0.1, 0.15) is 24.4 Å². The van der Waals surface area contributed by atoms with E-state index in [2.05, 4.69) is 17.4 Å². The summed E-state index contributed by atoms with van der Waals surface area (Å²) >= 11 is 0. The predicted octanol–water partition coefficient (Wildman–Crippen LogP) is 1.47. The SMILES string of the molecule is OC1CCCNC1c1ccccc1. The lowest BCUT2D eigenvalue weighted by atomic mass is 9.95. The quantitative estimate of drug-likeness (QED) is 0.681. The van der Waals surface area contributed by atoms with E-state index >= 15 is 0 Å². The van der Waals surface area contributed by atoms with E-state index in [0.29, 0.717) is 0 Å². The van der Waals surface area contributed by atoms with Gasteiger partial charge in [0.1, 0.15) is 0 Å². The molecular formula is C11H15NO. The molecule has 0 bridgehead atoms. The molecule has 2 unspecified atom stereocenters. The number of rotatable bonds is 1. The van der Waals surface area contributed by atoms with Crippen LogP contribution >= 0.6 is 0 Å². The number of hydrogen-bond donors (Lipinski definition) is 2. The van der Waals surface area contributed by atoms with Crippen molar-refractivity contribution in [3.63, 3.8) is 0 Å². The van der Waals surface area contributed by atoms with Gasteiger partial charge < -0.3 is 10.4 Å². The van der Waals surface area contributed by atoms with E-state index in [1.54, 1.807) is 0 Å². The van der Waals surface area contributed by atoms with Gasteiger partial charge in [-0.05, 0) is 24.9 Å². The Kier molecular flexibility index (Phi) is 2.62. The van der Waals surface area contributed by atoms with Crippen LogP contribution in [0.4, 0.5) is 0 Å². The summed E-state index contributed by atoms with van der Waals surface area (Å²) in [6.07, 6.45) is 1.76. The van der Waals surface area contributed by atoms with Crippen molar-refractivity contribution in [3.05, 3.63) is 35.9 Å². The highest BCUT2D eigenvalue weighted by molar-refractivity contribution is 5.20. The van der Waals surface area contributed by atoms with E-state index < -0.39 is 0 Å². The van der Waals surface area contributed by atoms with Gasteiger partial charge in [0.15, 0.2) is 0 Å². The highest BCUT2D eigenvalue weighted by Crippen LogP contribution is 2.22. The highest BCUT2D eigenvalue weighted by Gasteiger charge is 2.23. The maximum atomic E-state index is 9.76. The van der Waals surface area contributed by atoms with Gasteiger partial charge in [-0.3, -0.25) is 0 Å². The Morgan fingerprint density at radius 1 is 1.23 bits per heavy atom. The topological polar surface area (TPSA) is 32.3 Å². The third-order valence-electron chi connectivity index (χ3n) is 2.58. The van der Waals surface area contributed by atoms with Crippen molar-refractivity contribution in [1.29, 1.82) is 0 Å². The molecule has 1 fully saturated rings. The van der Waals surface area contributed by atoms with Gasteiger partial charge in [-0.25, -0.2) is 0 Å². The average Bonchev–Trinajstić information content (AvgIpc) is 2.20. The molecular weight excluding hydrogens is 162 g/mol. The fourth-order valence-corrected chi connectivity index (χ4v) is 1.87. The summed E-state index contributed by atoms with van der Waals surface area (Å²) in [7, 11) is 0. The Morgan fingerprint density at radius 2 is 2.00 bits per heavy atom. The summed E-state index contributed by atoms with van der Waals surface area (Å²) in [5.74, 6) is 0. The molecule has 1 aliphatic rings. The second kappa shape index (κ2) is 3.90. The molecule has 2 rings (SSSR count). The van der Waals surface area contributed by atoms with Gasteiger partial charge in [0, 0.05) is 0 Å². The lowest BCUT2D eigenvalue weighted by Gasteiger charge is -2.29. The molecule has 1 aromatic carbocycles. The molecule has 1 heterocycles. The van der Waals surface area contributed by atoms with Crippen molar-refractivity contribution in [3.8, 4) is 0 Å². The zero-order valence-corrected chi connectivity index (χ0v) is 7.61. The molecule has 2 N–H and O–H groups in total. The van der Waals surface area contributed by atoms with Crippen LogP contribution in [0.15, 0.2) is 30.3 Å². The maximum Gasteiger partial charge on any atom is 0.0735 e.